The highest BCUT2D eigenvalue weighted by Crippen LogP contribution is 1.85. The van der Waals surface area contributed by atoms with E-state index in [2.05, 4.69) is 12.2 Å². The summed E-state index contributed by atoms with van der Waals surface area (Å²) in [5.41, 5.74) is 0. The lowest BCUT2D eigenvalue weighted by molar-refractivity contribution is -0.122. The van der Waals surface area contributed by atoms with Gasteiger partial charge in [0.1, 0.15) is 0 Å². The van der Waals surface area contributed by atoms with Crippen molar-refractivity contribution in [3.63, 3.8) is 0 Å². The van der Waals surface area contributed by atoms with E-state index in [1.807, 2.05) is 6.92 Å². The first-order chi connectivity index (χ1) is 8.81. The van der Waals surface area contributed by atoms with E-state index >= 15 is 0 Å². The summed E-state index contributed by atoms with van der Waals surface area (Å²) in [6.07, 6.45) is 2.48. The fourth-order valence-electron chi connectivity index (χ4n) is 0.764. The summed E-state index contributed by atoms with van der Waals surface area (Å²) in [6, 6.07) is 0. The van der Waals surface area contributed by atoms with Gasteiger partial charge < -0.3 is 10.1 Å². The molecule has 0 bridgehead atoms. The van der Waals surface area contributed by atoms with Gasteiger partial charge in [-0.15, -0.1) is 0 Å². The van der Waals surface area contributed by atoms with Crippen molar-refractivity contribution in [2.45, 2.75) is 33.1 Å². The second-order valence-corrected chi connectivity index (χ2v) is 2.71. The first-order valence-electron chi connectivity index (χ1n) is 5.08. The summed E-state index contributed by atoms with van der Waals surface area (Å²) < 4.78 is 53.2. The molecule has 1 amide bonds. The molecule has 0 spiro atoms. The molecule has 0 radical (unpaired) electrons. The number of hydrogen-bond acceptors (Lipinski definition) is 2. The van der Waals surface area contributed by atoms with Crippen LogP contribution in [0.4, 0.5) is 27.4 Å². The average molecular weight is 287 g/mol. The van der Waals surface area contributed by atoms with Gasteiger partial charge in [0.2, 0.25) is 5.91 Å². The van der Waals surface area contributed by atoms with Gasteiger partial charge in [-0.1, -0.05) is 13.8 Å². The molecular weight excluding hydrogens is 268 g/mol. The van der Waals surface area contributed by atoms with Crippen molar-refractivity contribution in [1.82, 2.24) is 5.32 Å². The topological polar surface area (TPSA) is 38.3 Å². The standard InChI is InChI=1S/C9H19NO2.3F2/c1-3-6-10-9(11)5-8-12-7-4-2;3*1-2/h3-8H2,1-2H3,(H,10,11);;;. The van der Waals surface area contributed by atoms with Crippen molar-refractivity contribution >= 4 is 5.91 Å². The van der Waals surface area contributed by atoms with E-state index in [0.717, 1.165) is 26.0 Å². The maximum absolute atomic E-state index is 11.0. The number of nitrogens with one attached hydrogen (secondary N) is 1. The Hall–Kier alpha value is -0.990. The van der Waals surface area contributed by atoms with Crippen molar-refractivity contribution in [3.8, 4) is 0 Å². The van der Waals surface area contributed by atoms with E-state index in [9.17, 15) is 4.79 Å². The third kappa shape index (κ3) is 36.3. The van der Waals surface area contributed by atoms with Gasteiger partial charge in [-0.3, -0.25) is 4.79 Å². The van der Waals surface area contributed by atoms with Crippen LogP contribution in [0.25, 0.3) is 0 Å². The molecule has 0 saturated heterocycles. The summed E-state index contributed by atoms with van der Waals surface area (Å²) in [6.45, 7) is 6.15. The first kappa shape index (κ1) is 25.8. The zero-order valence-corrected chi connectivity index (χ0v) is 10.3. The Morgan fingerprint density at radius 1 is 0.944 bits per heavy atom. The maximum Gasteiger partial charge on any atom is 0.222 e. The maximum atomic E-state index is 11.0. The number of halogens is 6. The minimum Gasteiger partial charge on any atom is -0.381 e. The number of carbonyl (C=O) groups excluding carboxylic acids is 1. The molecule has 18 heavy (non-hydrogen) atoms. The molecule has 3 nitrogen and oxygen atoms in total. The fraction of sp³-hybridized carbons (Fsp3) is 0.889. The molecule has 0 rings (SSSR count). The van der Waals surface area contributed by atoms with E-state index in [1.54, 1.807) is 0 Å². The third-order valence-corrected chi connectivity index (χ3v) is 1.39. The molecule has 0 aromatic heterocycles. The van der Waals surface area contributed by atoms with E-state index in [4.69, 9.17) is 32.2 Å². The summed E-state index contributed by atoms with van der Waals surface area (Å²) in [7, 11) is 0. The van der Waals surface area contributed by atoms with Crippen LogP contribution in [0.1, 0.15) is 33.1 Å². The molecule has 0 heterocycles. The Morgan fingerprint density at radius 3 is 1.83 bits per heavy atom. The minimum atomic E-state index is 0.0907. The smallest absolute Gasteiger partial charge is 0.222 e. The lowest BCUT2D eigenvalue weighted by atomic mass is 10.4. The molecule has 1 N–H and O–H groups in total. The van der Waals surface area contributed by atoms with Crippen LogP contribution in [0.3, 0.4) is 0 Å². The Labute approximate surface area is 102 Å². The van der Waals surface area contributed by atoms with Gasteiger partial charge in [0.05, 0.1) is 6.61 Å². The van der Waals surface area contributed by atoms with Crippen LogP contribution in [-0.2, 0) is 9.53 Å². The molecule has 0 aliphatic heterocycles. The Kier molecular flexibility index (Phi) is 51.5. The Bertz CT molecular complexity index is 132. The van der Waals surface area contributed by atoms with Crippen LogP contribution in [-0.4, -0.2) is 25.7 Å². The largest absolute Gasteiger partial charge is 0.381 e. The molecule has 0 aliphatic rings. The molecule has 114 valence electrons. The zero-order valence-electron chi connectivity index (χ0n) is 10.3. The number of hydrogen-bond donors (Lipinski definition) is 1. The summed E-state index contributed by atoms with van der Waals surface area (Å²) >= 11 is 0. The molecule has 0 aromatic rings. The van der Waals surface area contributed by atoms with Crippen molar-refractivity contribution in [2.75, 3.05) is 19.8 Å². The van der Waals surface area contributed by atoms with Gasteiger partial charge in [-0.25, -0.2) is 0 Å². The first-order valence-corrected chi connectivity index (χ1v) is 5.08. The van der Waals surface area contributed by atoms with Crippen molar-refractivity contribution < 1.29 is 37.0 Å². The second kappa shape index (κ2) is 36.0. The van der Waals surface area contributed by atoms with E-state index in [-0.39, 0.29) is 5.91 Å². The molecule has 0 saturated carbocycles. The normalized spacial score (nSPS) is 7.56. The van der Waals surface area contributed by atoms with Crippen LogP contribution >= 0.6 is 0 Å². The zero-order chi connectivity index (χ0) is 15.2. The van der Waals surface area contributed by atoms with Crippen LogP contribution in [0.2, 0.25) is 0 Å². The highest BCUT2D eigenvalue weighted by molar-refractivity contribution is 5.75. The van der Waals surface area contributed by atoms with Crippen LogP contribution in [0, 0.1) is 0 Å². The quantitative estimate of drug-likeness (QED) is 0.570. The monoisotopic (exact) mass is 287 g/mol. The van der Waals surface area contributed by atoms with Crippen molar-refractivity contribution in [2.24, 2.45) is 0 Å². The summed E-state index contributed by atoms with van der Waals surface area (Å²) in [5, 5.41) is 2.79. The number of ether oxygens (including phenoxy) is 1. The number of carbonyl (C=O) groups is 1. The van der Waals surface area contributed by atoms with Gasteiger partial charge in [-0.05, 0) is 12.8 Å². The molecule has 9 heteroatoms. The average Bonchev–Trinajstić information content (AvgIpc) is 2.48. The fourth-order valence-corrected chi connectivity index (χ4v) is 0.764. The molecule has 0 aromatic carbocycles. The number of amides is 1. The van der Waals surface area contributed by atoms with Crippen LogP contribution in [0.15, 0.2) is 0 Å². The molecule has 0 atom stereocenters. The minimum absolute atomic E-state index is 0.0907. The highest BCUT2D eigenvalue weighted by atomic mass is 20.0. The van der Waals surface area contributed by atoms with Crippen molar-refractivity contribution in [3.05, 3.63) is 0 Å². The van der Waals surface area contributed by atoms with E-state index in [0.29, 0.717) is 13.0 Å². The van der Waals surface area contributed by atoms with Gasteiger partial charge in [0.15, 0.2) is 0 Å². The molecular formula is C9H19F6NO2. The van der Waals surface area contributed by atoms with Gasteiger partial charge >= 0.3 is 0 Å². The summed E-state index contributed by atoms with van der Waals surface area (Å²) in [4.78, 5) is 11.0. The lowest BCUT2D eigenvalue weighted by Gasteiger charge is -2.03. The van der Waals surface area contributed by atoms with Gasteiger partial charge in [0, 0.05) is 47.0 Å². The van der Waals surface area contributed by atoms with Crippen molar-refractivity contribution in [1.29, 1.82) is 0 Å². The van der Waals surface area contributed by atoms with E-state index < -0.39 is 0 Å². The lowest BCUT2D eigenvalue weighted by Crippen LogP contribution is -2.25. The number of rotatable bonds is 7. The van der Waals surface area contributed by atoms with Gasteiger partial charge in [0.25, 0.3) is 0 Å². The third-order valence-electron chi connectivity index (χ3n) is 1.39. The molecule has 0 fully saturated rings. The highest BCUT2D eigenvalue weighted by Gasteiger charge is 1.98. The molecule has 0 unspecified atom stereocenters. The molecule has 0 aliphatic carbocycles. The van der Waals surface area contributed by atoms with Gasteiger partial charge in [-0.2, -0.15) is 0 Å². The van der Waals surface area contributed by atoms with E-state index in [1.165, 1.54) is 0 Å². The predicted octanol–water partition coefficient (Wildman–Crippen LogP) is 3.85. The van der Waals surface area contributed by atoms with Crippen LogP contribution < -0.4 is 5.32 Å². The van der Waals surface area contributed by atoms with Crippen LogP contribution in [0.5, 0.6) is 0 Å². The SMILES string of the molecule is CCCNC(=O)CCOCCC.FF.FF.FF. The summed E-state index contributed by atoms with van der Waals surface area (Å²) in [5.74, 6) is 0.0907. The Balaban J connectivity index is -0.000000141. The second-order valence-electron chi connectivity index (χ2n) is 2.71. The predicted molar refractivity (Wildman–Crippen MR) is 55.7 cm³/mol. The Morgan fingerprint density at radius 2 is 1.44 bits per heavy atom.